The molecule has 4 nitrogen and oxygen atoms in total. The fourth-order valence-electron chi connectivity index (χ4n) is 2.56. The molecule has 128 valence electrons. The summed E-state index contributed by atoms with van der Waals surface area (Å²) in [7, 11) is 1.60. The van der Waals surface area contributed by atoms with E-state index in [1.165, 1.54) is 0 Å². The molecular weight excluding hydrogens is 302 g/mol. The summed E-state index contributed by atoms with van der Waals surface area (Å²) in [4.78, 5) is 12.5. The van der Waals surface area contributed by atoms with Crippen molar-refractivity contribution in [1.29, 1.82) is 0 Å². The molecular formula is C20H25NO3. The van der Waals surface area contributed by atoms with Crippen LogP contribution in [0.2, 0.25) is 0 Å². The van der Waals surface area contributed by atoms with E-state index in [2.05, 4.69) is 19.2 Å². The van der Waals surface area contributed by atoms with Crippen LogP contribution in [0.5, 0.6) is 11.5 Å². The van der Waals surface area contributed by atoms with E-state index < -0.39 is 6.10 Å². The molecule has 4 heteroatoms. The number of carbonyl (C=O) groups excluding carboxylic acids is 1. The van der Waals surface area contributed by atoms with Gasteiger partial charge in [0, 0.05) is 11.8 Å². The fraction of sp³-hybridized carbons (Fsp3) is 0.350. The van der Waals surface area contributed by atoms with Gasteiger partial charge in [-0.2, -0.15) is 0 Å². The first kappa shape index (κ1) is 17.9. The second-order valence-electron chi connectivity index (χ2n) is 5.59. The van der Waals surface area contributed by atoms with Crippen LogP contribution in [-0.4, -0.2) is 19.1 Å². The molecule has 24 heavy (non-hydrogen) atoms. The zero-order chi connectivity index (χ0) is 17.5. The van der Waals surface area contributed by atoms with Crippen LogP contribution < -0.4 is 14.8 Å². The Hall–Kier alpha value is -2.49. The summed E-state index contributed by atoms with van der Waals surface area (Å²) in [6.07, 6.45) is 1.13. The van der Waals surface area contributed by atoms with E-state index in [-0.39, 0.29) is 5.91 Å². The minimum Gasteiger partial charge on any atom is -0.497 e. The van der Waals surface area contributed by atoms with Crippen LogP contribution in [-0.2, 0) is 17.6 Å². The largest absolute Gasteiger partial charge is 0.497 e. The molecule has 1 amide bonds. The van der Waals surface area contributed by atoms with Gasteiger partial charge in [0.25, 0.3) is 5.91 Å². The third kappa shape index (κ3) is 4.28. The molecule has 0 saturated heterocycles. The Bertz CT molecular complexity index is 675. The summed E-state index contributed by atoms with van der Waals surface area (Å²) in [6, 6.07) is 13.4. The molecule has 0 unspecified atom stereocenters. The zero-order valence-electron chi connectivity index (χ0n) is 14.8. The number of amides is 1. The van der Waals surface area contributed by atoms with Gasteiger partial charge in [0.15, 0.2) is 6.10 Å². The van der Waals surface area contributed by atoms with Gasteiger partial charge in [-0.05, 0) is 43.0 Å². The van der Waals surface area contributed by atoms with Gasteiger partial charge in [0.05, 0.1) is 7.11 Å². The normalized spacial score (nSPS) is 11.7. The van der Waals surface area contributed by atoms with E-state index in [9.17, 15) is 4.79 Å². The lowest BCUT2D eigenvalue weighted by Gasteiger charge is -2.18. The van der Waals surface area contributed by atoms with Crippen molar-refractivity contribution in [2.45, 2.75) is 39.7 Å². The van der Waals surface area contributed by atoms with Gasteiger partial charge in [0.2, 0.25) is 0 Å². The molecule has 0 radical (unpaired) electrons. The number of methoxy groups -OCH3 is 1. The highest BCUT2D eigenvalue weighted by molar-refractivity contribution is 5.95. The molecule has 0 aliphatic carbocycles. The van der Waals surface area contributed by atoms with E-state index in [4.69, 9.17) is 9.47 Å². The Morgan fingerprint density at radius 2 is 1.62 bits per heavy atom. The van der Waals surface area contributed by atoms with Gasteiger partial charge < -0.3 is 14.8 Å². The maximum absolute atomic E-state index is 12.5. The molecule has 2 rings (SSSR count). The van der Waals surface area contributed by atoms with Crippen molar-refractivity contribution in [1.82, 2.24) is 0 Å². The highest BCUT2D eigenvalue weighted by Gasteiger charge is 2.17. The molecule has 1 atom stereocenters. The van der Waals surface area contributed by atoms with Gasteiger partial charge in [-0.25, -0.2) is 0 Å². The summed E-state index contributed by atoms with van der Waals surface area (Å²) >= 11 is 0. The van der Waals surface area contributed by atoms with Crippen molar-refractivity contribution >= 4 is 11.6 Å². The Morgan fingerprint density at radius 3 is 2.21 bits per heavy atom. The van der Waals surface area contributed by atoms with E-state index in [0.717, 1.165) is 29.7 Å². The molecule has 0 saturated carbocycles. The van der Waals surface area contributed by atoms with Crippen molar-refractivity contribution in [3.8, 4) is 11.5 Å². The van der Waals surface area contributed by atoms with Crippen LogP contribution in [0.3, 0.4) is 0 Å². The van der Waals surface area contributed by atoms with Crippen LogP contribution in [0.25, 0.3) is 0 Å². The molecule has 0 aliphatic rings. The topological polar surface area (TPSA) is 47.6 Å². The molecule has 0 aliphatic heterocycles. The average molecular weight is 327 g/mol. The van der Waals surface area contributed by atoms with Gasteiger partial charge in [0.1, 0.15) is 11.5 Å². The number of ether oxygens (including phenoxy) is 2. The second kappa shape index (κ2) is 8.39. The fourth-order valence-corrected chi connectivity index (χ4v) is 2.56. The summed E-state index contributed by atoms with van der Waals surface area (Å²) in [6.45, 7) is 5.91. The number of anilines is 1. The molecule has 0 bridgehead atoms. The van der Waals surface area contributed by atoms with Gasteiger partial charge in [-0.15, -0.1) is 0 Å². The first-order chi connectivity index (χ1) is 11.6. The first-order valence-electron chi connectivity index (χ1n) is 8.31. The lowest BCUT2D eigenvalue weighted by Crippen LogP contribution is -2.30. The van der Waals surface area contributed by atoms with Crippen LogP contribution >= 0.6 is 0 Å². The number of hydrogen-bond acceptors (Lipinski definition) is 3. The van der Waals surface area contributed by atoms with Gasteiger partial charge in [-0.1, -0.05) is 38.1 Å². The highest BCUT2D eigenvalue weighted by atomic mass is 16.5. The number of hydrogen-bond donors (Lipinski definition) is 1. The third-order valence-corrected chi connectivity index (χ3v) is 3.97. The maximum atomic E-state index is 12.5. The standard InChI is InChI=1S/C20H25NO3/c1-5-15-9-7-10-16(6-2)19(15)21-20(22)14(3)24-18-12-8-11-17(13-18)23-4/h7-14H,5-6H2,1-4H3,(H,21,22)/t14-/m1/s1. The van der Waals surface area contributed by atoms with Crippen LogP contribution in [0.4, 0.5) is 5.69 Å². The van der Waals surface area contributed by atoms with Gasteiger partial charge >= 0.3 is 0 Å². The summed E-state index contributed by atoms with van der Waals surface area (Å²) in [5.74, 6) is 1.15. The van der Waals surface area contributed by atoms with Gasteiger partial charge in [-0.3, -0.25) is 4.79 Å². The molecule has 2 aromatic carbocycles. The number of para-hydroxylation sites is 1. The predicted octanol–water partition coefficient (Wildman–Crippen LogP) is 4.23. The summed E-state index contributed by atoms with van der Waals surface area (Å²) < 4.78 is 10.9. The SMILES string of the molecule is CCc1cccc(CC)c1NC(=O)[C@@H](C)Oc1cccc(OC)c1. The second-order valence-corrected chi connectivity index (χ2v) is 5.59. The van der Waals surface area contributed by atoms with E-state index in [1.807, 2.05) is 36.4 Å². The number of aryl methyl sites for hydroxylation is 2. The van der Waals surface area contributed by atoms with E-state index in [0.29, 0.717) is 11.5 Å². The van der Waals surface area contributed by atoms with Crippen LogP contribution in [0.15, 0.2) is 42.5 Å². The van der Waals surface area contributed by atoms with Crippen molar-refractivity contribution in [3.63, 3.8) is 0 Å². The number of benzene rings is 2. The lowest BCUT2D eigenvalue weighted by molar-refractivity contribution is -0.122. The van der Waals surface area contributed by atoms with E-state index >= 15 is 0 Å². The highest BCUT2D eigenvalue weighted by Crippen LogP contribution is 2.24. The molecule has 0 fully saturated rings. The number of carbonyl (C=O) groups is 1. The third-order valence-electron chi connectivity index (χ3n) is 3.97. The summed E-state index contributed by atoms with van der Waals surface area (Å²) in [5.41, 5.74) is 3.18. The van der Waals surface area contributed by atoms with Crippen LogP contribution in [0, 0.1) is 0 Å². The van der Waals surface area contributed by atoms with Crippen molar-refractivity contribution in [2.75, 3.05) is 12.4 Å². The Balaban J connectivity index is 2.11. The van der Waals surface area contributed by atoms with E-state index in [1.54, 1.807) is 20.1 Å². The molecule has 1 N–H and O–H groups in total. The maximum Gasteiger partial charge on any atom is 0.265 e. The average Bonchev–Trinajstić information content (AvgIpc) is 2.61. The number of rotatable bonds is 7. The molecule has 0 aromatic heterocycles. The minimum absolute atomic E-state index is 0.159. The Labute approximate surface area is 143 Å². The monoisotopic (exact) mass is 327 g/mol. The lowest BCUT2D eigenvalue weighted by atomic mass is 10.0. The molecule has 0 spiro atoms. The predicted molar refractivity (Wildman–Crippen MR) is 96.9 cm³/mol. The quantitative estimate of drug-likeness (QED) is 0.828. The van der Waals surface area contributed by atoms with Crippen molar-refractivity contribution in [3.05, 3.63) is 53.6 Å². The molecule has 2 aromatic rings. The van der Waals surface area contributed by atoms with Crippen LogP contribution in [0.1, 0.15) is 31.9 Å². The number of nitrogens with one attached hydrogen (secondary N) is 1. The van der Waals surface area contributed by atoms with Crippen molar-refractivity contribution in [2.24, 2.45) is 0 Å². The Kier molecular flexibility index (Phi) is 6.24. The van der Waals surface area contributed by atoms with Crippen molar-refractivity contribution < 1.29 is 14.3 Å². The smallest absolute Gasteiger partial charge is 0.265 e. The molecule has 0 heterocycles. The first-order valence-corrected chi connectivity index (χ1v) is 8.31. The Morgan fingerprint density at radius 1 is 1.04 bits per heavy atom. The summed E-state index contributed by atoms with van der Waals surface area (Å²) in [5, 5.41) is 3.03. The minimum atomic E-state index is -0.605. The zero-order valence-corrected chi connectivity index (χ0v) is 14.8.